The van der Waals surface area contributed by atoms with Crippen LogP contribution in [0.1, 0.15) is 20.7 Å². The van der Waals surface area contributed by atoms with Crippen LogP contribution in [0.2, 0.25) is 0 Å². The van der Waals surface area contributed by atoms with Crippen LogP contribution < -0.4 is 0 Å². The minimum absolute atomic E-state index is 0.0913. The van der Waals surface area contributed by atoms with Crippen LogP contribution in [-0.4, -0.2) is 82.5 Å². The van der Waals surface area contributed by atoms with Crippen molar-refractivity contribution in [3.05, 3.63) is 83.9 Å². The molecule has 42 heavy (non-hydrogen) atoms. The fraction of sp³-hybridized carbons (Fsp3) is 0.200. The normalized spacial score (nSPS) is 18.6. The monoisotopic (exact) mass is 604 g/mol. The van der Waals surface area contributed by atoms with Crippen molar-refractivity contribution in [1.29, 1.82) is 0 Å². The van der Waals surface area contributed by atoms with E-state index in [1.807, 2.05) is 60.7 Å². The lowest BCUT2D eigenvalue weighted by atomic mass is 10.1. The minimum Gasteiger partial charge on any atom is -0.480 e. The van der Waals surface area contributed by atoms with Crippen molar-refractivity contribution in [2.24, 2.45) is 0 Å². The Hall–Kier alpha value is -4.10. The fourth-order valence-electron chi connectivity index (χ4n) is 5.00. The number of fused-ring (bicyclic) bond motifs is 2. The number of carboxylic acid groups (broad SMARTS) is 2. The topological polar surface area (TPSA) is 134 Å². The van der Waals surface area contributed by atoms with Crippen molar-refractivity contribution in [1.82, 2.24) is 9.80 Å². The van der Waals surface area contributed by atoms with E-state index in [9.17, 15) is 29.4 Å². The smallest absolute Gasteiger partial charge is 0.328 e. The second-order valence-electron chi connectivity index (χ2n) is 9.82. The summed E-state index contributed by atoms with van der Waals surface area (Å²) in [5.41, 5.74) is 0.631. The quantitative estimate of drug-likeness (QED) is 0.289. The molecule has 0 radical (unpaired) electrons. The Morgan fingerprint density at radius 1 is 0.619 bits per heavy atom. The second kappa shape index (κ2) is 11.6. The third kappa shape index (κ3) is 5.29. The number of carbonyl (C=O) groups is 4. The van der Waals surface area contributed by atoms with Gasteiger partial charge < -0.3 is 19.7 Å². The highest BCUT2D eigenvalue weighted by molar-refractivity contribution is 8.76. The van der Waals surface area contributed by atoms with E-state index in [-0.39, 0.29) is 26.7 Å². The minimum atomic E-state index is -1.14. The van der Waals surface area contributed by atoms with Crippen LogP contribution in [-0.2, 0) is 19.1 Å². The van der Waals surface area contributed by atoms with Crippen LogP contribution in [0.15, 0.2) is 82.6 Å². The van der Waals surface area contributed by atoms with Gasteiger partial charge in [0.25, 0.3) is 11.8 Å². The summed E-state index contributed by atoms with van der Waals surface area (Å²) in [4.78, 5) is 54.5. The average molecular weight is 605 g/mol. The molecule has 0 spiro atoms. The Balaban J connectivity index is 1.39. The predicted molar refractivity (Wildman–Crippen MR) is 156 cm³/mol. The third-order valence-electron chi connectivity index (χ3n) is 7.23. The summed E-state index contributed by atoms with van der Waals surface area (Å²) in [6.07, 6.45) is 0. The first-order valence-electron chi connectivity index (χ1n) is 12.9. The van der Waals surface area contributed by atoms with Crippen molar-refractivity contribution in [2.75, 3.05) is 26.7 Å². The van der Waals surface area contributed by atoms with Gasteiger partial charge in [-0.15, -0.1) is 0 Å². The zero-order chi connectivity index (χ0) is 29.4. The second-order valence-corrected chi connectivity index (χ2v) is 12.0. The van der Waals surface area contributed by atoms with Crippen molar-refractivity contribution in [3.63, 3.8) is 0 Å². The van der Waals surface area contributed by atoms with Crippen LogP contribution >= 0.6 is 21.6 Å². The number of carboxylic acids is 2. The Bertz CT molecular complexity index is 1620. The molecule has 2 aliphatic rings. The van der Waals surface area contributed by atoms with Gasteiger partial charge in [0.2, 0.25) is 0 Å². The predicted octanol–water partition coefficient (Wildman–Crippen LogP) is 4.56. The van der Waals surface area contributed by atoms with Crippen molar-refractivity contribution >= 4 is 66.9 Å². The van der Waals surface area contributed by atoms with E-state index in [1.165, 1.54) is 31.4 Å². The Morgan fingerprint density at radius 2 is 0.976 bits per heavy atom. The van der Waals surface area contributed by atoms with E-state index in [4.69, 9.17) is 9.47 Å². The van der Waals surface area contributed by atoms with E-state index < -0.39 is 35.8 Å². The SMILES string of the molecule is O=C(O)C1COCN1C(=O)c1cc2ccccc2cc1SSc1cc2ccccc2cc1C(=O)N1COCC1C(=O)O. The van der Waals surface area contributed by atoms with Crippen molar-refractivity contribution < 1.29 is 38.9 Å². The molecular weight excluding hydrogens is 580 g/mol. The van der Waals surface area contributed by atoms with Gasteiger partial charge in [0.1, 0.15) is 13.5 Å². The number of nitrogens with zero attached hydrogens (tertiary/aromatic N) is 2. The zero-order valence-electron chi connectivity index (χ0n) is 22.0. The lowest BCUT2D eigenvalue weighted by Crippen LogP contribution is -2.42. The van der Waals surface area contributed by atoms with Gasteiger partial charge in [-0.05, 0) is 45.8 Å². The molecule has 2 saturated heterocycles. The van der Waals surface area contributed by atoms with Crippen LogP contribution in [0.5, 0.6) is 0 Å². The number of ether oxygens (including phenoxy) is 2. The molecule has 0 aliphatic carbocycles. The molecule has 2 amide bonds. The number of hydrogen-bond acceptors (Lipinski definition) is 8. The molecule has 2 N–H and O–H groups in total. The van der Waals surface area contributed by atoms with E-state index in [0.717, 1.165) is 21.5 Å². The lowest BCUT2D eigenvalue weighted by molar-refractivity contribution is -0.142. The van der Waals surface area contributed by atoms with Crippen molar-refractivity contribution in [2.45, 2.75) is 21.9 Å². The molecule has 0 bridgehead atoms. The maximum Gasteiger partial charge on any atom is 0.328 e. The number of rotatable bonds is 7. The summed E-state index contributed by atoms with van der Waals surface area (Å²) < 4.78 is 10.6. The molecule has 214 valence electrons. The summed E-state index contributed by atoms with van der Waals surface area (Å²) in [5, 5.41) is 22.6. The maximum atomic E-state index is 13.7. The van der Waals surface area contributed by atoms with Crippen LogP contribution in [0.3, 0.4) is 0 Å². The fourth-order valence-corrected chi connectivity index (χ4v) is 7.37. The van der Waals surface area contributed by atoms with E-state index >= 15 is 0 Å². The van der Waals surface area contributed by atoms with E-state index in [2.05, 4.69) is 0 Å². The zero-order valence-corrected chi connectivity index (χ0v) is 23.6. The first kappa shape index (κ1) is 28.0. The number of amides is 2. The van der Waals surface area contributed by atoms with Gasteiger partial charge >= 0.3 is 11.9 Å². The molecule has 2 aliphatic heterocycles. The number of aliphatic carboxylic acids is 2. The van der Waals surface area contributed by atoms with Crippen LogP contribution in [0.4, 0.5) is 0 Å². The summed E-state index contributed by atoms with van der Waals surface area (Å²) >= 11 is 0. The van der Waals surface area contributed by atoms with Gasteiger partial charge in [0.05, 0.1) is 24.3 Å². The number of benzene rings is 4. The van der Waals surface area contributed by atoms with E-state index in [0.29, 0.717) is 20.9 Å². The third-order valence-corrected chi connectivity index (χ3v) is 9.68. The molecule has 10 nitrogen and oxygen atoms in total. The highest BCUT2D eigenvalue weighted by atomic mass is 33.1. The first-order valence-corrected chi connectivity index (χ1v) is 15.1. The summed E-state index contributed by atoms with van der Waals surface area (Å²) in [7, 11) is 2.53. The first-order chi connectivity index (χ1) is 20.3. The molecule has 2 fully saturated rings. The summed E-state index contributed by atoms with van der Waals surface area (Å²) in [5.74, 6) is -3.23. The average Bonchev–Trinajstić information content (AvgIpc) is 3.69. The lowest BCUT2D eigenvalue weighted by Gasteiger charge is -2.22. The molecule has 0 saturated carbocycles. The Kier molecular flexibility index (Phi) is 7.78. The molecule has 2 unspecified atom stereocenters. The molecule has 6 rings (SSSR count). The number of hydrogen-bond donors (Lipinski definition) is 2. The molecule has 0 aromatic heterocycles. The highest BCUT2D eigenvalue weighted by Crippen LogP contribution is 2.44. The molecule has 2 heterocycles. The summed E-state index contributed by atoms with van der Waals surface area (Å²) in [6, 6.07) is 20.1. The van der Waals surface area contributed by atoms with Crippen LogP contribution in [0.25, 0.3) is 21.5 Å². The molecular formula is C30H24N2O8S2. The van der Waals surface area contributed by atoms with Gasteiger partial charge in [-0.1, -0.05) is 70.1 Å². The van der Waals surface area contributed by atoms with Crippen LogP contribution in [0, 0.1) is 0 Å². The standard InChI is InChI=1S/C30H24N2O8S2/c33-27(31-15-39-13-23(31)29(35)36)21-9-17-5-1-3-7-19(17)11-25(21)41-42-26-12-20-8-4-2-6-18(20)10-22(26)28(34)32-16-40-14-24(32)30(37)38/h1-12,23-24H,13-16H2,(H,35,36)(H,37,38). The highest BCUT2D eigenvalue weighted by Gasteiger charge is 2.38. The molecule has 12 heteroatoms. The number of carbonyl (C=O) groups excluding carboxylic acids is 2. The van der Waals surface area contributed by atoms with Gasteiger partial charge in [0, 0.05) is 9.79 Å². The summed E-state index contributed by atoms with van der Waals surface area (Å²) in [6.45, 7) is -0.449. The Labute approximate surface area is 247 Å². The van der Waals surface area contributed by atoms with Gasteiger partial charge in [-0.3, -0.25) is 19.4 Å². The largest absolute Gasteiger partial charge is 0.480 e. The van der Waals surface area contributed by atoms with Gasteiger partial charge in [0.15, 0.2) is 12.1 Å². The maximum absolute atomic E-state index is 13.7. The molecule has 2 atom stereocenters. The van der Waals surface area contributed by atoms with Gasteiger partial charge in [-0.2, -0.15) is 0 Å². The van der Waals surface area contributed by atoms with Gasteiger partial charge in [-0.25, -0.2) is 9.59 Å². The van der Waals surface area contributed by atoms with E-state index in [1.54, 1.807) is 12.1 Å². The van der Waals surface area contributed by atoms with Crippen molar-refractivity contribution in [3.8, 4) is 0 Å². The Morgan fingerprint density at radius 3 is 1.33 bits per heavy atom. The molecule has 4 aromatic carbocycles. The molecule has 4 aromatic rings.